The van der Waals surface area contributed by atoms with E-state index in [-0.39, 0.29) is 5.75 Å². The van der Waals surface area contributed by atoms with Crippen LogP contribution in [0, 0.1) is 15.9 Å². The molecule has 0 atom stereocenters. The Bertz CT molecular complexity index is 649. The second-order valence-corrected chi connectivity index (χ2v) is 4.28. The molecule has 6 nitrogen and oxygen atoms in total. The van der Waals surface area contributed by atoms with Gasteiger partial charge in [0.2, 0.25) is 5.75 Å². The summed E-state index contributed by atoms with van der Waals surface area (Å²) in [6.45, 7) is 2.77. The molecule has 1 heterocycles. The average Bonchev–Trinajstić information content (AvgIpc) is 2.47. The van der Waals surface area contributed by atoms with E-state index in [0.29, 0.717) is 5.69 Å². The van der Waals surface area contributed by atoms with Gasteiger partial charge in [-0.15, -0.1) is 0 Å². The Morgan fingerprint density at radius 1 is 1.43 bits per heavy atom. The first kappa shape index (κ1) is 14.7. The van der Waals surface area contributed by atoms with Crippen molar-refractivity contribution in [2.45, 2.75) is 13.3 Å². The minimum Gasteiger partial charge on any atom is -0.445 e. The zero-order chi connectivity index (χ0) is 15.2. The molecule has 2 aromatic rings. The summed E-state index contributed by atoms with van der Waals surface area (Å²) in [6.07, 6.45) is 3.90. The summed E-state index contributed by atoms with van der Waals surface area (Å²) in [4.78, 5) is 14.2. The number of hydrogen-bond donors (Lipinski definition) is 1. The van der Waals surface area contributed by atoms with Gasteiger partial charge in [0, 0.05) is 18.7 Å². The fourth-order valence-corrected chi connectivity index (χ4v) is 1.70. The van der Waals surface area contributed by atoms with Crippen LogP contribution in [0.3, 0.4) is 0 Å². The summed E-state index contributed by atoms with van der Waals surface area (Å²) in [6, 6.07) is 5.16. The first-order valence-electron chi connectivity index (χ1n) is 6.41. The molecule has 0 aliphatic rings. The Balaban J connectivity index is 2.28. The highest BCUT2D eigenvalue weighted by atomic mass is 19.1. The van der Waals surface area contributed by atoms with Crippen molar-refractivity contribution in [3.63, 3.8) is 0 Å². The number of nitrogens with zero attached hydrogens (tertiary/aromatic N) is 2. The van der Waals surface area contributed by atoms with Crippen LogP contribution >= 0.6 is 0 Å². The summed E-state index contributed by atoms with van der Waals surface area (Å²) in [5.74, 6) is -0.989. The fraction of sp³-hybridized carbons (Fsp3) is 0.214. The molecule has 0 bridgehead atoms. The van der Waals surface area contributed by atoms with E-state index in [9.17, 15) is 14.5 Å². The fourth-order valence-electron chi connectivity index (χ4n) is 1.70. The molecule has 110 valence electrons. The Hall–Kier alpha value is -2.70. The third-order valence-electron chi connectivity index (χ3n) is 2.66. The molecule has 0 saturated heterocycles. The van der Waals surface area contributed by atoms with Gasteiger partial charge in [0.25, 0.3) is 0 Å². The van der Waals surface area contributed by atoms with Crippen molar-refractivity contribution in [2.75, 3.05) is 11.9 Å². The number of hydrogen-bond acceptors (Lipinski definition) is 5. The minimum absolute atomic E-state index is 0.226. The number of halogens is 1. The number of aromatic nitrogens is 1. The van der Waals surface area contributed by atoms with Gasteiger partial charge in [-0.1, -0.05) is 13.0 Å². The Kier molecular flexibility index (Phi) is 4.65. The van der Waals surface area contributed by atoms with E-state index in [1.54, 1.807) is 12.3 Å². The van der Waals surface area contributed by atoms with Gasteiger partial charge in [0.05, 0.1) is 23.0 Å². The summed E-state index contributed by atoms with van der Waals surface area (Å²) in [5.41, 5.74) is 0.273. The van der Waals surface area contributed by atoms with Crippen molar-refractivity contribution in [2.24, 2.45) is 0 Å². The molecule has 0 aliphatic heterocycles. The molecule has 0 spiro atoms. The molecule has 21 heavy (non-hydrogen) atoms. The quantitative estimate of drug-likeness (QED) is 0.648. The van der Waals surface area contributed by atoms with Gasteiger partial charge in [-0.2, -0.15) is 0 Å². The van der Waals surface area contributed by atoms with Gasteiger partial charge in [-0.3, -0.25) is 15.1 Å². The van der Waals surface area contributed by atoms with Gasteiger partial charge in [-0.25, -0.2) is 4.39 Å². The Morgan fingerprint density at radius 3 is 2.95 bits per heavy atom. The number of nitro groups is 1. The van der Waals surface area contributed by atoms with E-state index in [1.165, 1.54) is 18.3 Å². The SMILES string of the molecule is CCCNc1cncc(Oc2c(F)cccc2[N+](=O)[O-])c1. The molecule has 0 fully saturated rings. The van der Waals surface area contributed by atoms with E-state index in [2.05, 4.69) is 10.3 Å². The maximum absolute atomic E-state index is 13.7. The van der Waals surface area contributed by atoms with Crippen LogP contribution in [0.15, 0.2) is 36.7 Å². The maximum Gasteiger partial charge on any atom is 0.314 e. The smallest absolute Gasteiger partial charge is 0.314 e. The van der Waals surface area contributed by atoms with E-state index in [1.807, 2.05) is 6.92 Å². The first-order chi connectivity index (χ1) is 10.1. The zero-order valence-electron chi connectivity index (χ0n) is 11.4. The molecular formula is C14H14FN3O3. The minimum atomic E-state index is -0.795. The van der Waals surface area contributed by atoms with E-state index < -0.39 is 22.2 Å². The number of rotatable bonds is 6. The predicted octanol–water partition coefficient (Wildman–Crippen LogP) is 3.74. The largest absolute Gasteiger partial charge is 0.445 e. The van der Waals surface area contributed by atoms with Crippen LogP contribution in [-0.2, 0) is 0 Å². The van der Waals surface area contributed by atoms with Crippen molar-refractivity contribution in [3.8, 4) is 11.5 Å². The number of benzene rings is 1. The van der Waals surface area contributed by atoms with Crippen LogP contribution < -0.4 is 10.1 Å². The number of para-hydroxylation sites is 1. The normalized spacial score (nSPS) is 10.2. The highest BCUT2D eigenvalue weighted by Crippen LogP contribution is 2.34. The number of pyridine rings is 1. The van der Waals surface area contributed by atoms with Crippen LogP contribution in [0.2, 0.25) is 0 Å². The van der Waals surface area contributed by atoms with Crippen LogP contribution in [0.4, 0.5) is 15.8 Å². The summed E-state index contributed by atoms with van der Waals surface area (Å²) < 4.78 is 19.0. The number of anilines is 1. The molecule has 1 N–H and O–H groups in total. The topological polar surface area (TPSA) is 77.3 Å². The summed E-state index contributed by atoms with van der Waals surface area (Å²) in [5, 5.41) is 14.0. The lowest BCUT2D eigenvalue weighted by atomic mass is 10.3. The van der Waals surface area contributed by atoms with E-state index in [0.717, 1.165) is 19.0 Å². The number of ether oxygens (including phenoxy) is 1. The van der Waals surface area contributed by atoms with Crippen molar-refractivity contribution in [3.05, 3.63) is 52.6 Å². The highest BCUT2D eigenvalue weighted by molar-refractivity contribution is 5.51. The Labute approximate surface area is 120 Å². The van der Waals surface area contributed by atoms with E-state index >= 15 is 0 Å². The molecule has 1 aromatic heterocycles. The first-order valence-corrected chi connectivity index (χ1v) is 6.41. The molecule has 1 aromatic carbocycles. The van der Waals surface area contributed by atoms with Crippen molar-refractivity contribution in [1.29, 1.82) is 0 Å². The van der Waals surface area contributed by atoms with Gasteiger partial charge in [0.1, 0.15) is 5.75 Å². The third-order valence-corrected chi connectivity index (χ3v) is 2.66. The van der Waals surface area contributed by atoms with Gasteiger partial charge in [0.15, 0.2) is 5.82 Å². The molecule has 7 heteroatoms. The molecule has 0 aliphatic carbocycles. The third kappa shape index (κ3) is 3.65. The predicted molar refractivity (Wildman–Crippen MR) is 76.1 cm³/mol. The lowest BCUT2D eigenvalue weighted by molar-refractivity contribution is -0.385. The summed E-state index contributed by atoms with van der Waals surface area (Å²) in [7, 11) is 0. The van der Waals surface area contributed by atoms with Gasteiger partial charge in [-0.05, 0) is 12.5 Å². The van der Waals surface area contributed by atoms with Crippen molar-refractivity contribution in [1.82, 2.24) is 4.98 Å². The average molecular weight is 291 g/mol. The molecule has 0 amide bonds. The van der Waals surface area contributed by atoms with Crippen LogP contribution in [0.1, 0.15) is 13.3 Å². The Morgan fingerprint density at radius 2 is 2.24 bits per heavy atom. The van der Waals surface area contributed by atoms with Crippen LogP contribution in [0.25, 0.3) is 0 Å². The second kappa shape index (κ2) is 6.65. The second-order valence-electron chi connectivity index (χ2n) is 4.28. The summed E-state index contributed by atoms with van der Waals surface area (Å²) >= 11 is 0. The van der Waals surface area contributed by atoms with Crippen molar-refractivity contribution < 1.29 is 14.1 Å². The van der Waals surface area contributed by atoms with E-state index in [4.69, 9.17) is 4.74 Å². The van der Waals surface area contributed by atoms with Crippen LogP contribution in [-0.4, -0.2) is 16.5 Å². The molecule has 2 rings (SSSR count). The molecule has 0 radical (unpaired) electrons. The number of nitro benzene ring substituents is 1. The lowest BCUT2D eigenvalue weighted by Gasteiger charge is -2.09. The van der Waals surface area contributed by atoms with Crippen molar-refractivity contribution >= 4 is 11.4 Å². The molecule has 0 saturated carbocycles. The zero-order valence-corrected chi connectivity index (χ0v) is 11.4. The van der Waals surface area contributed by atoms with Gasteiger partial charge >= 0.3 is 5.69 Å². The lowest BCUT2D eigenvalue weighted by Crippen LogP contribution is -2.01. The van der Waals surface area contributed by atoms with Gasteiger partial charge < -0.3 is 10.1 Å². The molecular weight excluding hydrogens is 277 g/mol. The highest BCUT2D eigenvalue weighted by Gasteiger charge is 2.20. The standard InChI is InChI=1S/C14H14FN3O3/c1-2-6-17-10-7-11(9-16-8-10)21-14-12(15)4-3-5-13(14)18(19)20/h3-5,7-9,17H,2,6H2,1H3. The van der Waals surface area contributed by atoms with Crippen LogP contribution in [0.5, 0.6) is 11.5 Å². The monoisotopic (exact) mass is 291 g/mol. The maximum atomic E-state index is 13.7. The number of nitrogens with one attached hydrogen (secondary N) is 1. The molecule has 0 unspecified atom stereocenters.